The van der Waals surface area contributed by atoms with E-state index in [1.807, 2.05) is 12.4 Å². The van der Waals surface area contributed by atoms with Crippen LogP contribution in [-0.2, 0) is 4.43 Å². The first kappa shape index (κ1) is 26.7. The number of halogens is 1. The van der Waals surface area contributed by atoms with E-state index in [9.17, 15) is 0 Å². The molecule has 1 atom stereocenters. The van der Waals surface area contributed by atoms with Crippen LogP contribution in [0.5, 0.6) is 0 Å². The molecule has 0 fully saturated rings. The third-order valence-electron chi connectivity index (χ3n) is 5.89. The van der Waals surface area contributed by atoms with Crippen LogP contribution in [0.25, 0.3) is 0 Å². The highest BCUT2D eigenvalue weighted by atomic mass is 127. The predicted octanol–water partition coefficient (Wildman–Crippen LogP) is 3.36. The second kappa shape index (κ2) is 12.2. The Morgan fingerprint density at radius 2 is 1.09 bits per heavy atom. The van der Waals surface area contributed by atoms with E-state index >= 15 is 0 Å². The summed E-state index contributed by atoms with van der Waals surface area (Å²) < 4.78 is 6.76. The molecule has 0 aliphatic heterocycles. The van der Waals surface area contributed by atoms with E-state index in [2.05, 4.69) is 128 Å². The molecular formula is C29H33INOPSi. The van der Waals surface area contributed by atoms with Crippen LogP contribution in [0.2, 0.25) is 19.6 Å². The van der Waals surface area contributed by atoms with E-state index in [0.29, 0.717) is 0 Å². The Labute approximate surface area is 223 Å². The van der Waals surface area contributed by atoms with E-state index in [4.69, 9.17) is 4.43 Å². The molecule has 0 unspecified atom stereocenters. The normalized spacial score (nSPS) is 12.6. The summed E-state index contributed by atoms with van der Waals surface area (Å²) >= 11 is 0. The molecule has 0 radical (unpaired) electrons. The highest BCUT2D eigenvalue weighted by Crippen LogP contribution is 2.56. The van der Waals surface area contributed by atoms with Crippen molar-refractivity contribution in [3.8, 4) is 0 Å². The van der Waals surface area contributed by atoms with Gasteiger partial charge in [-0.05, 0) is 73.7 Å². The second-order valence-electron chi connectivity index (χ2n) is 9.33. The van der Waals surface area contributed by atoms with Crippen molar-refractivity contribution >= 4 is 31.5 Å². The molecule has 2 nitrogen and oxygen atoms in total. The summed E-state index contributed by atoms with van der Waals surface area (Å²) in [7, 11) is -3.62. The van der Waals surface area contributed by atoms with Crippen molar-refractivity contribution in [2.75, 3.05) is 6.16 Å². The van der Waals surface area contributed by atoms with E-state index in [1.165, 1.54) is 21.5 Å². The second-order valence-corrected chi connectivity index (χ2v) is 17.4. The van der Waals surface area contributed by atoms with Crippen LogP contribution in [0, 0.1) is 0 Å². The van der Waals surface area contributed by atoms with E-state index in [-0.39, 0.29) is 30.1 Å². The lowest BCUT2D eigenvalue weighted by molar-refractivity contribution is -0.00000834. The van der Waals surface area contributed by atoms with Crippen LogP contribution in [-0.4, -0.2) is 19.5 Å². The molecule has 0 aliphatic carbocycles. The van der Waals surface area contributed by atoms with Crippen LogP contribution in [0.15, 0.2) is 116 Å². The molecule has 4 rings (SSSR count). The van der Waals surface area contributed by atoms with Gasteiger partial charge < -0.3 is 28.4 Å². The highest BCUT2D eigenvalue weighted by molar-refractivity contribution is 7.95. The first-order chi connectivity index (χ1) is 16.0. The number of benzene rings is 3. The monoisotopic (exact) mass is 597 g/mol. The minimum Gasteiger partial charge on any atom is -1.00 e. The van der Waals surface area contributed by atoms with Crippen LogP contribution in [0.3, 0.4) is 0 Å². The van der Waals surface area contributed by atoms with Gasteiger partial charge in [0.15, 0.2) is 8.32 Å². The molecule has 1 aromatic heterocycles. The zero-order valence-corrected chi connectivity index (χ0v) is 24.2. The third-order valence-corrected chi connectivity index (χ3v) is 11.4. The van der Waals surface area contributed by atoms with Crippen LogP contribution < -0.4 is 39.9 Å². The summed E-state index contributed by atoms with van der Waals surface area (Å²) in [5.41, 5.74) is 1.22. The average Bonchev–Trinajstić information content (AvgIpc) is 2.85. The van der Waals surface area contributed by atoms with Crippen molar-refractivity contribution in [2.24, 2.45) is 0 Å². The summed E-state index contributed by atoms with van der Waals surface area (Å²) in [6.07, 6.45) is 5.83. The van der Waals surface area contributed by atoms with Gasteiger partial charge >= 0.3 is 0 Å². The molecule has 3 aromatic carbocycles. The Morgan fingerprint density at radius 3 is 1.47 bits per heavy atom. The van der Waals surface area contributed by atoms with Crippen LogP contribution in [0.4, 0.5) is 0 Å². The molecule has 0 bridgehead atoms. The summed E-state index contributed by atoms with van der Waals surface area (Å²) in [5.74, 6) is 0. The lowest BCUT2D eigenvalue weighted by Gasteiger charge is -2.31. The quantitative estimate of drug-likeness (QED) is 0.168. The SMILES string of the molecule is C[Si](C)(C)O[C@H](CC[P+](c1ccccc1)(c1ccccc1)c1ccccc1)c1ccncc1.[I-]. The van der Waals surface area contributed by atoms with Gasteiger partial charge in [-0.3, -0.25) is 4.98 Å². The maximum atomic E-state index is 6.76. The van der Waals surface area contributed by atoms with Crippen molar-refractivity contribution in [3.63, 3.8) is 0 Å². The maximum absolute atomic E-state index is 6.76. The molecule has 176 valence electrons. The van der Waals surface area contributed by atoms with Crippen molar-refractivity contribution in [1.29, 1.82) is 0 Å². The topological polar surface area (TPSA) is 22.1 Å². The average molecular weight is 598 g/mol. The Bertz CT molecular complexity index is 1030. The molecule has 0 amide bonds. The highest BCUT2D eigenvalue weighted by Gasteiger charge is 2.45. The third kappa shape index (κ3) is 6.42. The predicted molar refractivity (Wildman–Crippen MR) is 146 cm³/mol. The van der Waals surface area contributed by atoms with Gasteiger partial charge in [-0.15, -0.1) is 0 Å². The molecule has 0 spiro atoms. The van der Waals surface area contributed by atoms with E-state index in [0.717, 1.165) is 12.6 Å². The molecule has 5 heteroatoms. The van der Waals surface area contributed by atoms with Gasteiger partial charge in [0.2, 0.25) is 0 Å². The van der Waals surface area contributed by atoms with Gasteiger partial charge in [-0.2, -0.15) is 0 Å². The van der Waals surface area contributed by atoms with Gasteiger partial charge in [0.1, 0.15) is 23.2 Å². The maximum Gasteiger partial charge on any atom is 0.184 e. The molecule has 1 heterocycles. The Morgan fingerprint density at radius 1 is 0.676 bits per heavy atom. The largest absolute Gasteiger partial charge is 1.00 e. The lowest BCUT2D eigenvalue weighted by atomic mass is 10.1. The molecule has 4 aromatic rings. The number of hydrogen-bond donors (Lipinski definition) is 0. The standard InChI is InChI=1S/C29H33NOPSi.HI/c1-33(2,3)31-29(25-19-22-30-23-20-25)21-24-32(26-13-7-4-8-14-26,27-15-9-5-10-16-27)28-17-11-6-12-18-28;/h4-20,22-23,29H,21,24H2,1-3H3;1H/q+1;/p-1/t29-;/m1./s1. The smallest absolute Gasteiger partial charge is 0.184 e. The van der Waals surface area contributed by atoms with Crippen molar-refractivity contribution < 1.29 is 28.4 Å². The van der Waals surface area contributed by atoms with Gasteiger partial charge in [0.25, 0.3) is 0 Å². The number of rotatable bonds is 9. The molecule has 0 aliphatic rings. The first-order valence-corrected chi connectivity index (χ1v) is 17.0. The van der Waals surface area contributed by atoms with E-state index in [1.54, 1.807) is 0 Å². The minimum atomic E-state index is -1.87. The Balaban J connectivity index is 0.00000324. The summed E-state index contributed by atoms with van der Waals surface area (Å²) in [6.45, 7) is 6.82. The van der Waals surface area contributed by atoms with Crippen molar-refractivity contribution in [3.05, 3.63) is 121 Å². The number of nitrogens with zero attached hydrogens (tertiary/aromatic N) is 1. The van der Waals surface area contributed by atoms with Crippen molar-refractivity contribution in [2.45, 2.75) is 32.2 Å². The van der Waals surface area contributed by atoms with Crippen LogP contribution in [0.1, 0.15) is 18.1 Å². The molecular weight excluding hydrogens is 564 g/mol. The first-order valence-electron chi connectivity index (χ1n) is 11.6. The fraction of sp³-hybridized carbons (Fsp3) is 0.207. The molecule has 0 saturated carbocycles. The fourth-order valence-corrected chi connectivity index (χ4v) is 9.93. The zero-order valence-electron chi connectivity index (χ0n) is 20.1. The Kier molecular flexibility index (Phi) is 9.61. The Hall–Kier alpha value is -1.85. The van der Waals surface area contributed by atoms with Gasteiger partial charge in [-0.1, -0.05) is 54.6 Å². The van der Waals surface area contributed by atoms with E-state index < -0.39 is 15.6 Å². The number of hydrogen-bond acceptors (Lipinski definition) is 2. The fourth-order valence-electron chi connectivity index (χ4n) is 4.49. The summed E-state index contributed by atoms with van der Waals surface area (Å²) in [5, 5.41) is 4.26. The molecule has 0 saturated heterocycles. The zero-order chi connectivity index (χ0) is 23.2. The lowest BCUT2D eigenvalue weighted by Crippen LogP contribution is -3.00. The number of pyridine rings is 1. The van der Waals surface area contributed by atoms with Crippen molar-refractivity contribution in [1.82, 2.24) is 4.98 Å². The van der Waals surface area contributed by atoms with Crippen LogP contribution >= 0.6 is 7.26 Å². The summed E-state index contributed by atoms with van der Waals surface area (Å²) in [4.78, 5) is 4.24. The number of aromatic nitrogens is 1. The van der Waals surface area contributed by atoms with Gasteiger partial charge in [-0.25, -0.2) is 0 Å². The molecule has 34 heavy (non-hydrogen) atoms. The minimum absolute atomic E-state index is 0. The van der Waals surface area contributed by atoms with Gasteiger partial charge in [0.05, 0.1) is 12.3 Å². The summed E-state index contributed by atoms with van der Waals surface area (Å²) in [6, 6.07) is 37.5. The van der Waals surface area contributed by atoms with Gasteiger partial charge in [0, 0.05) is 18.8 Å². The molecule has 0 N–H and O–H groups in total.